The number of benzene rings is 1. The van der Waals surface area contributed by atoms with Crippen LogP contribution >= 0.6 is 0 Å². The number of aromatic nitrogens is 2. The molecule has 0 aliphatic carbocycles. The molecule has 2 N–H and O–H groups in total. The maximum atomic E-state index is 12.8. The Hall–Kier alpha value is -2.63. The minimum Gasteiger partial charge on any atom is -0.347 e. The molecule has 1 fully saturated rings. The van der Waals surface area contributed by atoms with Crippen molar-refractivity contribution >= 4 is 11.8 Å². The highest BCUT2D eigenvalue weighted by atomic mass is 16.2. The highest BCUT2D eigenvalue weighted by Gasteiger charge is 2.34. The Kier molecular flexibility index (Phi) is 6.04. The first-order valence-corrected chi connectivity index (χ1v) is 9.28. The molecule has 1 aromatic heterocycles. The number of nitrogens with zero attached hydrogens (tertiary/aromatic N) is 2. The van der Waals surface area contributed by atoms with E-state index in [0.717, 1.165) is 31.5 Å². The highest BCUT2D eigenvalue weighted by Crippen LogP contribution is 2.30. The number of rotatable bonds is 7. The second-order valence-corrected chi connectivity index (χ2v) is 6.79. The Morgan fingerprint density at radius 2 is 2.15 bits per heavy atom. The quantitative estimate of drug-likeness (QED) is 0.802. The molecule has 1 aliphatic rings. The SMILES string of the molecule is C[C@H](NC(=O)CCCc1ccccc1)C(=O)N1CCC[C@H]1c1ncc[nH]1. The molecule has 6 heteroatoms. The molecule has 0 saturated carbocycles. The van der Waals surface area contributed by atoms with Crippen molar-refractivity contribution in [3.63, 3.8) is 0 Å². The Bertz CT molecular complexity index is 715. The van der Waals surface area contributed by atoms with Crippen LogP contribution < -0.4 is 5.32 Å². The monoisotopic (exact) mass is 354 g/mol. The van der Waals surface area contributed by atoms with Crippen LogP contribution in [0.4, 0.5) is 0 Å². The molecule has 2 amide bonds. The Labute approximate surface area is 154 Å². The Morgan fingerprint density at radius 3 is 2.88 bits per heavy atom. The number of carbonyl (C=O) groups excluding carboxylic acids is 2. The standard InChI is InChI=1S/C20H26N4O2/c1-15(23-18(25)11-5-9-16-7-3-2-4-8-16)20(26)24-14-6-10-17(24)19-21-12-13-22-19/h2-4,7-8,12-13,15,17H,5-6,9-11,14H2,1H3,(H,21,22)(H,23,25)/t15-,17-/m0/s1. The number of imidazole rings is 1. The van der Waals surface area contributed by atoms with Gasteiger partial charge >= 0.3 is 0 Å². The van der Waals surface area contributed by atoms with E-state index in [0.29, 0.717) is 13.0 Å². The summed E-state index contributed by atoms with van der Waals surface area (Å²) in [6.45, 7) is 2.47. The third-order valence-electron chi connectivity index (χ3n) is 4.83. The fraction of sp³-hybridized carbons (Fsp3) is 0.450. The van der Waals surface area contributed by atoms with Gasteiger partial charge in [0.2, 0.25) is 11.8 Å². The van der Waals surface area contributed by atoms with Crippen LogP contribution in [0, 0.1) is 0 Å². The first-order chi connectivity index (χ1) is 12.6. The lowest BCUT2D eigenvalue weighted by Gasteiger charge is -2.26. The number of aryl methyl sites for hydroxylation is 1. The first kappa shape index (κ1) is 18.2. The van der Waals surface area contributed by atoms with Crippen molar-refractivity contribution in [3.05, 3.63) is 54.1 Å². The van der Waals surface area contributed by atoms with Crippen LogP contribution in [0.1, 0.15) is 50.0 Å². The van der Waals surface area contributed by atoms with Crippen molar-refractivity contribution in [1.29, 1.82) is 0 Å². The topological polar surface area (TPSA) is 78.1 Å². The van der Waals surface area contributed by atoms with Crippen molar-refractivity contribution in [1.82, 2.24) is 20.2 Å². The summed E-state index contributed by atoms with van der Waals surface area (Å²) < 4.78 is 0. The zero-order valence-corrected chi connectivity index (χ0v) is 15.1. The number of hydrogen-bond acceptors (Lipinski definition) is 3. The minimum absolute atomic E-state index is 0.0186. The Morgan fingerprint density at radius 1 is 1.35 bits per heavy atom. The van der Waals surface area contributed by atoms with E-state index in [1.165, 1.54) is 5.56 Å². The van der Waals surface area contributed by atoms with Crippen LogP contribution in [0.3, 0.4) is 0 Å². The van der Waals surface area contributed by atoms with Crippen molar-refractivity contribution in [2.75, 3.05) is 6.54 Å². The molecule has 6 nitrogen and oxygen atoms in total. The molecule has 1 aliphatic heterocycles. The van der Waals surface area contributed by atoms with Gasteiger partial charge in [-0.1, -0.05) is 30.3 Å². The summed E-state index contributed by atoms with van der Waals surface area (Å²) >= 11 is 0. The molecule has 2 aromatic rings. The lowest BCUT2D eigenvalue weighted by Crippen LogP contribution is -2.46. The normalized spacial score (nSPS) is 17.9. The van der Waals surface area contributed by atoms with E-state index in [1.54, 1.807) is 19.3 Å². The summed E-state index contributed by atoms with van der Waals surface area (Å²) in [6.07, 6.45) is 7.39. The number of H-pyrrole nitrogens is 1. The summed E-state index contributed by atoms with van der Waals surface area (Å²) in [4.78, 5) is 34.1. The summed E-state index contributed by atoms with van der Waals surface area (Å²) in [7, 11) is 0. The number of nitrogens with one attached hydrogen (secondary N) is 2. The number of likely N-dealkylation sites (tertiary alicyclic amines) is 1. The molecule has 3 rings (SSSR count). The van der Waals surface area contributed by atoms with Gasteiger partial charge in [0, 0.05) is 25.4 Å². The van der Waals surface area contributed by atoms with Crippen LogP contribution in [-0.2, 0) is 16.0 Å². The zero-order valence-electron chi connectivity index (χ0n) is 15.1. The zero-order chi connectivity index (χ0) is 18.4. The third-order valence-corrected chi connectivity index (χ3v) is 4.83. The average Bonchev–Trinajstić information content (AvgIpc) is 3.33. The number of hydrogen-bond donors (Lipinski definition) is 2. The lowest BCUT2D eigenvalue weighted by atomic mass is 10.1. The number of amides is 2. The van der Waals surface area contributed by atoms with E-state index in [2.05, 4.69) is 27.4 Å². The van der Waals surface area contributed by atoms with Gasteiger partial charge in [-0.25, -0.2) is 4.98 Å². The van der Waals surface area contributed by atoms with Crippen molar-refractivity contribution < 1.29 is 9.59 Å². The van der Waals surface area contributed by atoms with E-state index in [4.69, 9.17) is 0 Å². The maximum Gasteiger partial charge on any atom is 0.245 e. The molecule has 0 bridgehead atoms. The average molecular weight is 354 g/mol. The van der Waals surface area contributed by atoms with Crippen LogP contribution in [0.25, 0.3) is 0 Å². The van der Waals surface area contributed by atoms with Gasteiger partial charge in [-0.3, -0.25) is 9.59 Å². The smallest absolute Gasteiger partial charge is 0.245 e. The fourth-order valence-electron chi connectivity index (χ4n) is 3.50. The van der Waals surface area contributed by atoms with Crippen LogP contribution in [0.2, 0.25) is 0 Å². The summed E-state index contributed by atoms with van der Waals surface area (Å²) in [6, 6.07) is 9.57. The fourth-order valence-corrected chi connectivity index (χ4v) is 3.50. The molecular formula is C20H26N4O2. The van der Waals surface area contributed by atoms with E-state index in [-0.39, 0.29) is 17.9 Å². The summed E-state index contributed by atoms with van der Waals surface area (Å²) in [5.74, 6) is 0.702. The minimum atomic E-state index is -0.519. The molecular weight excluding hydrogens is 328 g/mol. The van der Waals surface area contributed by atoms with E-state index in [9.17, 15) is 9.59 Å². The molecule has 26 heavy (non-hydrogen) atoms. The second-order valence-electron chi connectivity index (χ2n) is 6.79. The van der Waals surface area contributed by atoms with Crippen LogP contribution in [0.5, 0.6) is 0 Å². The highest BCUT2D eigenvalue weighted by molar-refractivity contribution is 5.87. The molecule has 0 spiro atoms. The van der Waals surface area contributed by atoms with Crippen molar-refractivity contribution in [2.24, 2.45) is 0 Å². The predicted octanol–water partition coefficient (Wildman–Crippen LogP) is 2.60. The van der Waals surface area contributed by atoms with Crippen molar-refractivity contribution in [3.8, 4) is 0 Å². The summed E-state index contributed by atoms with van der Waals surface area (Å²) in [5, 5.41) is 2.85. The molecule has 1 saturated heterocycles. The number of aromatic amines is 1. The Balaban J connectivity index is 1.46. The van der Waals surface area contributed by atoms with Gasteiger partial charge in [0.15, 0.2) is 0 Å². The van der Waals surface area contributed by atoms with E-state index < -0.39 is 6.04 Å². The molecule has 1 aromatic carbocycles. The molecule has 0 unspecified atom stereocenters. The largest absolute Gasteiger partial charge is 0.347 e. The van der Waals surface area contributed by atoms with Crippen LogP contribution in [-0.4, -0.2) is 39.3 Å². The summed E-state index contributed by atoms with van der Waals surface area (Å²) in [5.41, 5.74) is 1.22. The van der Waals surface area contributed by atoms with Crippen molar-refractivity contribution in [2.45, 2.75) is 51.1 Å². The van der Waals surface area contributed by atoms with E-state index >= 15 is 0 Å². The third kappa shape index (κ3) is 4.50. The molecule has 138 valence electrons. The lowest BCUT2D eigenvalue weighted by molar-refractivity contribution is -0.136. The molecule has 0 radical (unpaired) electrons. The van der Waals surface area contributed by atoms with Gasteiger partial charge in [-0.15, -0.1) is 0 Å². The van der Waals surface area contributed by atoms with Gasteiger partial charge in [0.1, 0.15) is 11.9 Å². The number of carbonyl (C=O) groups is 2. The van der Waals surface area contributed by atoms with Gasteiger partial charge in [-0.2, -0.15) is 0 Å². The van der Waals surface area contributed by atoms with Gasteiger partial charge in [-0.05, 0) is 38.2 Å². The van der Waals surface area contributed by atoms with Crippen LogP contribution in [0.15, 0.2) is 42.7 Å². The first-order valence-electron chi connectivity index (χ1n) is 9.28. The van der Waals surface area contributed by atoms with E-state index in [1.807, 2.05) is 23.1 Å². The van der Waals surface area contributed by atoms with Gasteiger partial charge in [0.05, 0.1) is 6.04 Å². The second kappa shape index (κ2) is 8.65. The molecule has 2 heterocycles. The van der Waals surface area contributed by atoms with Gasteiger partial charge < -0.3 is 15.2 Å². The van der Waals surface area contributed by atoms with Gasteiger partial charge in [0.25, 0.3) is 0 Å². The molecule has 2 atom stereocenters. The predicted molar refractivity (Wildman–Crippen MR) is 99.3 cm³/mol. The maximum absolute atomic E-state index is 12.8.